The summed E-state index contributed by atoms with van der Waals surface area (Å²) < 4.78 is 4.97. The van der Waals surface area contributed by atoms with Gasteiger partial charge in [0, 0.05) is 53.3 Å². The first-order valence-corrected chi connectivity index (χ1v) is 20.4. The van der Waals surface area contributed by atoms with Crippen molar-refractivity contribution in [3.05, 3.63) is 157 Å². The average molecular weight is 741 g/mol. The molecule has 0 bridgehead atoms. The van der Waals surface area contributed by atoms with Crippen LogP contribution in [0, 0.1) is 0 Å². The lowest BCUT2D eigenvalue weighted by Gasteiger charge is -2.42. The first-order chi connectivity index (χ1) is 27.2. The fourth-order valence-corrected chi connectivity index (χ4v) is 10.2. The van der Waals surface area contributed by atoms with Gasteiger partial charge in [0.05, 0.1) is 11.0 Å². The summed E-state index contributed by atoms with van der Waals surface area (Å²) in [7, 11) is 0. The van der Waals surface area contributed by atoms with Crippen LogP contribution in [0.25, 0.3) is 92.6 Å². The van der Waals surface area contributed by atoms with Crippen LogP contribution in [0.2, 0.25) is 0 Å². The molecule has 0 unspecified atom stereocenters. The number of nitrogens with zero attached hydrogens (tertiary/aromatic N) is 4. The van der Waals surface area contributed by atoms with Gasteiger partial charge >= 0.3 is 0 Å². The van der Waals surface area contributed by atoms with Crippen molar-refractivity contribution < 1.29 is 0 Å². The maximum Gasteiger partial charge on any atom is 0.164 e. The molecule has 10 aromatic rings. The second-order valence-electron chi connectivity index (χ2n) is 16.8. The molecule has 0 fully saturated rings. The first kappa shape index (κ1) is 33.2. The fraction of sp³-hybridized carbons (Fsp3) is 0.157. The van der Waals surface area contributed by atoms with Gasteiger partial charge < -0.3 is 4.57 Å². The molecule has 0 saturated carbocycles. The molecule has 11 rings (SSSR count). The van der Waals surface area contributed by atoms with Crippen LogP contribution < -0.4 is 0 Å². The molecule has 56 heavy (non-hydrogen) atoms. The minimum atomic E-state index is 0.100. The van der Waals surface area contributed by atoms with E-state index < -0.39 is 0 Å². The molecule has 4 nitrogen and oxygen atoms in total. The predicted molar refractivity (Wildman–Crippen MR) is 236 cm³/mol. The normalized spacial score (nSPS) is 14.9. The van der Waals surface area contributed by atoms with Gasteiger partial charge in [-0.05, 0) is 106 Å². The second kappa shape index (κ2) is 12.2. The highest BCUT2D eigenvalue weighted by Crippen LogP contribution is 2.49. The molecule has 0 saturated heterocycles. The van der Waals surface area contributed by atoms with Crippen LogP contribution in [-0.2, 0) is 10.8 Å². The summed E-state index contributed by atoms with van der Waals surface area (Å²) in [6.45, 7) is 9.66. The molecule has 3 heterocycles. The van der Waals surface area contributed by atoms with Gasteiger partial charge in [-0.15, -0.1) is 11.3 Å². The SMILES string of the molecule is CC1(C)CCC(C)(C)c2cc3c(cc21)c1cc2ccccc2cc1n3-c1ccc(-c2nc(-c3ccccc3)nc(-c3ccc4c(c3)sc3ccccc34)n2)cc1. The predicted octanol–water partition coefficient (Wildman–Crippen LogP) is 13.8. The molecule has 1 aliphatic rings. The number of fused-ring (bicyclic) bond motifs is 8. The van der Waals surface area contributed by atoms with Crippen molar-refractivity contribution in [3.63, 3.8) is 0 Å². The summed E-state index contributed by atoms with van der Waals surface area (Å²) in [6, 6.07) is 52.7. The van der Waals surface area contributed by atoms with Gasteiger partial charge in [0.2, 0.25) is 0 Å². The lowest BCUT2D eigenvalue weighted by Crippen LogP contribution is -2.33. The Bertz CT molecular complexity index is 3190. The highest BCUT2D eigenvalue weighted by molar-refractivity contribution is 7.25. The zero-order valence-electron chi connectivity index (χ0n) is 32.0. The molecule has 0 spiro atoms. The van der Waals surface area contributed by atoms with Crippen LogP contribution >= 0.6 is 11.3 Å². The average Bonchev–Trinajstić information content (AvgIpc) is 3.76. The Hall–Kier alpha value is -6.17. The monoisotopic (exact) mass is 740 g/mol. The number of hydrogen-bond acceptors (Lipinski definition) is 4. The van der Waals surface area contributed by atoms with Crippen LogP contribution in [0.15, 0.2) is 146 Å². The molecule has 0 atom stereocenters. The maximum absolute atomic E-state index is 5.14. The lowest BCUT2D eigenvalue weighted by atomic mass is 9.63. The zero-order chi connectivity index (χ0) is 37.8. The molecule has 0 radical (unpaired) electrons. The first-order valence-electron chi connectivity index (χ1n) is 19.6. The largest absolute Gasteiger partial charge is 0.309 e. The van der Waals surface area contributed by atoms with E-state index in [0.29, 0.717) is 17.5 Å². The van der Waals surface area contributed by atoms with Crippen molar-refractivity contribution in [2.24, 2.45) is 0 Å². The molecule has 5 heteroatoms. The number of thiophene rings is 1. The van der Waals surface area contributed by atoms with Gasteiger partial charge in [0.15, 0.2) is 17.5 Å². The fourth-order valence-electron chi connectivity index (χ4n) is 9.02. The Morgan fingerprint density at radius 3 is 1.71 bits per heavy atom. The van der Waals surface area contributed by atoms with Gasteiger partial charge in [-0.25, -0.2) is 15.0 Å². The quantitative estimate of drug-likeness (QED) is 0.180. The van der Waals surface area contributed by atoms with Crippen LogP contribution in [0.4, 0.5) is 0 Å². The topological polar surface area (TPSA) is 43.6 Å². The van der Waals surface area contributed by atoms with Crippen molar-refractivity contribution >= 4 is 64.1 Å². The van der Waals surface area contributed by atoms with Gasteiger partial charge in [-0.2, -0.15) is 0 Å². The molecular weight excluding hydrogens is 701 g/mol. The second-order valence-corrected chi connectivity index (χ2v) is 17.8. The van der Waals surface area contributed by atoms with Crippen molar-refractivity contribution in [3.8, 4) is 39.9 Å². The van der Waals surface area contributed by atoms with Gasteiger partial charge in [0.1, 0.15) is 0 Å². The van der Waals surface area contributed by atoms with E-state index in [1.54, 1.807) is 0 Å². The zero-order valence-corrected chi connectivity index (χ0v) is 32.8. The third-order valence-corrected chi connectivity index (χ3v) is 13.4. The van der Waals surface area contributed by atoms with Crippen molar-refractivity contribution in [2.75, 3.05) is 0 Å². The van der Waals surface area contributed by atoms with E-state index >= 15 is 0 Å². The van der Waals surface area contributed by atoms with Crippen molar-refractivity contribution in [1.82, 2.24) is 19.5 Å². The van der Waals surface area contributed by atoms with E-state index in [2.05, 4.69) is 160 Å². The van der Waals surface area contributed by atoms with E-state index in [-0.39, 0.29) is 10.8 Å². The standard InChI is InChI=1S/C51H40N4S/c1-50(2)24-25-51(3,4)42-30-44-40(29-41(42)50)39-26-33-14-8-9-15-34(33)27-43(39)55(44)36-21-18-32(19-22-36)48-52-47(31-12-6-5-7-13-31)53-49(54-48)35-20-23-38-37-16-10-11-17-45(37)56-46(38)28-35/h5-23,26-30H,24-25H2,1-4H3. The number of hydrogen-bond donors (Lipinski definition) is 0. The lowest BCUT2D eigenvalue weighted by molar-refractivity contribution is 0.332. The summed E-state index contributed by atoms with van der Waals surface area (Å²) in [6.07, 6.45) is 2.36. The van der Waals surface area contributed by atoms with Crippen LogP contribution in [0.5, 0.6) is 0 Å². The molecule has 7 aromatic carbocycles. The van der Waals surface area contributed by atoms with Gasteiger partial charge in [0.25, 0.3) is 0 Å². The third kappa shape index (κ3) is 5.21. The van der Waals surface area contributed by atoms with Crippen molar-refractivity contribution in [2.45, 2.75) is 51.4 Å². The molecular formula is C51H40N4S. The molecule has 0 N–H and O–H groups in total. The molecule has 270 valence electrons. The number of aromatic nitrogens is 4. The Balaban J connectivity index is 1.08. The Kier molecular flexibility index (Phi) is 7.21. The van der Waals surface area contributed by atoms with E-state index in [9.17, 15) is 0 Å². The summed E-state index contributed by atoms with van der Waals surface area (Å²) in [4.78, 5) is 15.3. The van der Waals surface area contributed by atoms with Crippen molar-refractivity contribution in [1.29, 1.82) is 0 Å². The summed E-state index contributed by atoms with van der Waals surface area (Å²) >= 11 is 1.81. The molecule has 0 aliphatic heterocycles. The Morgan fingerprint density at radius 1 is 0.446 bits per heavy atom. The molecule has 3 aromatic heterocycles. The molecule has 1 aliphatic carbocycles. The maximum atomic E-state index is 5.14. The van der Waals surface area contributed by atoms with E-state index in [0.717, 1.165) is 22.4 Å². The Labute approximate surface area is 330 Å². The van der Waals surface area contributed by atoms with Crippen LogP contribution in [-0.4, -0.2) is 19.5 Å². The third-order valence-electron chi connectivity index (χ3n) is 12.3. The minimum absolute atomic E-state index is 0.100. The van der Waals surface area contributed by atoms with Crippen LogP contribution in [0.3, 0.4) is 0 Å². The molecule has 0 amide bonds. The number of benzene rings is 7. The number of rotatable bonds is 4. The summed E-state index contributed by atoms with van der Waals surface area (Å²) in [5.41, 5.74) is 9.64. The van der Waals surface area contributed by atoms with E-state index in [1.165, 1.54) is 76.7 Å². The van der Waals surface area contributed by atoms with E-state index in [1.807, 2.05) is 29.5 Å². The van der Waals surface area contributed by atoms with Gasteiger partial charge in [-0.1, -0.05) is 113 Å². The smallest absolute Gasteiger partial charge is 0.164 e. The van der Waals surface area contributed by atoms with Crippen LogP contribution in [0.1, 0.15) is 51.7 Å². The highest BCUT2D eigenvalue weighted by atomic mass is 32.1. The highest BCUT2D eigenvalue weighted by Gasteiger charge is 2.38. The summed E-state index contributed by atoms with van der Waals surface area (Å²) in [5, 5.41) is 7.64. The van der Waals surface area contributed by atoms with Gasteiger partial charge in [-0.3, -0.25) is 0 Å². The minimum Gasteiger partial charge on any atom is -0.309 e. The summed E-state index contributed by atoms with van der Waals surface area (Å²) in [5.74, 6) is 1.99. The Morgan fingerprint density at radius 2 is 0.982 bits per heavy atom. The van der Waals surface area contributed by atoms with E-state index in [4.69, 9.17) is 15.0 Å².